The van der Waals surface area contributed by atoms with Crippen molar-refractivity contribution in [2.45, 2.75) is 13.0 Å². The van der Waals surface area contributed by atoms with Gasteiger partial charge in [-0.05, 0) is 36.3 Å². The lowest BCUT2D eigenvalue weighted by atomic mass is 10.1. The van der Waals surface area contributed by atoms with E-state index >= 15 is 0 Å². The van der Waals surface area contributed by atoms with Gasteiger partial charge in [0, 0.05) is 0 Å². The quantitative estimate of drug-likeness (QED) is 0.576. The molecule has 0 N–H and O–H groups in total. The fraction of sp³-hybridized carbons (Fsp3) is 0.0909. The first-order valence-corrected chi connectivity index (χ1v) is 7.83. The first kappa shape index (κ1) is 15.1. The highest BCUT2D eigenvalue weighted by Gasteiger charge is 2.09. The van der Waals surface area contributed by atoms with Gasteiger partial charge < -0.3 is 4.74 Å². The summed E-state index contributed by atoms with van der Waals surface area (Å²) < 4.78 is 6.18. The number of hydrogen-bond donors (Lipinski definition) is 0. The lowest BCUT2D eigenvalue weighted by molar-refractivity contribution is 0.256. The highest BCUT2D eigenvalue weighted by Crippen LogP contribution is 2.24. The highest BCUT2D eigenvalue weighted by molar-refractivity contribution is 5.50. The summed E-state index contributed by atoms with van der Waals surface area (Å²) in [7, 11) is 0. The van der Waals surface area contributed by atoms with E-state index in [0.29, 0.717) is 0 Å². The highest BCUT2D eigenvalue weighted by atomic mass is 16.5. The summed E-state index contributed by atoms with van der Waals surface area (Å²) in [6, 6.07) is 28.7. The molecule has 0 radical (unpaired) electrons. The molecule has 3 aromatic carbocycles. The van der Waals surface area contributed by atoms with Crippen LogP contribution in [-0.2, 0) is 0 Å². The van der Waals surface area contributed by atoms with Gasteiger partial charge in [-0.2, -0.15) is 0 Å². The van der Waals surface area contributed by atoms with Crippen molar-refractivity contribution in [2.24, 2.45) is 0 Å². The molecular weight excluding hydrogens is 280 g/mol. The molecule has 0 spiro atoms. The summed E-state index contributed by atoms with van der Waals surface area (Å²) >= 11 is 0. The van der Waals surface area contributed by atoms with Gasteiger partial charge in [-0.1, -0.05) is 84.4 Å². The molecule has 0 saturated carbocycles. The number of ether oxygens (including phenoxy) is 1. The van der Waals surface area contributed by atoms with Crippen LogP contribution >= 0.6 is 0 Å². The average molecular weight is 300 g/mol. The van der Waals surface area contributed by atoms with Crippen LogP contribution in [0, 0.1) is 6.92 Å². The second-order valence-electron chi connectivity index (χ2n) is 5.53. The van der Waals surface area contributed by atoms with Gasteiger partial charge in [-0.3, -0.25) is 0 Å². The third kappa shape index (κ3) is 4.33. The van der Waals surface area contributed by atoms with Gasteiger partial charge in [0.1, 0.15) is 11.9 Å². The minimum absolute atomic E-state index is 0.113. The number of hydrogen-bond acceptors (Lipinski definition) is 1. The number of benzene rings is 3. The Morgan fingerprint density at radius 1 is 0.739 bits per heavy atom. The Morgan fingerprint density at radius 3 is 2.00 bits per heavy atom. The van der Waals surface area contributed by atoms with Crippen molar-refractivity contribution in [3.63, 3.8) is 0 Å². The van der Waals surface area contributed by atoms with Crippen molar-refractivity contribution in [1.29, 1.82) is 0 Å². The largest absolute Gasteiger partial charge is 0.482 e. The van der Waals surface area contributed by atoms with E-state index in [4.69, 9.17) is 4.74 Å². The molecule has 0 heterocycles. The zero-order chi connectivity index (χ0) is 15.9. The van der Waals surface area contributed by atoms with Crippen LogP contribution in [-0.4, -0.2) is 0 Å². The predicted molar refractivity (Wildman–Crippen MR) is 96.5 cm³/mol. The molecule has 1 nitrogen and oxygen atoms in total. The van der Waals surface area contributed by atoms with E-state index in [1.54, 1.807) is 0 Å². The van der Waals surface area contributed by atoms with Gasteiger partial charge in [0.15, 0.2) is 0 Å². The third-order valence-electron chi connectivity index (χ3n) is 3.68. The molecule has 0 aliphatic rings. The zero-order valence-electron chi connectivity index (χ0n) is 13.2. The molecule has 0 bridgehead atoms. The monoisotopic (exact) mass is 300 g/mol. The fourth-order valence-corrected chi connectivity index (χ4v) is 2.38. The van der Waals surface area contributed by atoms with E-state index in [0.717, 1.165) is 11.3 Å². The lowest BCUT2D eigenvalue weighted by Crippen LogP contribution is -2.04. The maximum Gasteiger partial charge on any atom is 0.142 e. The van der Waals surface area contributed by atoms with Gasteiger partial charge in [-0.15, -0.1) is 0 Å². The molecule has 0 fully saturated rings. The average Bonchev–Trinajstić information content (AvgIpc) is 2.61. The fourth-order valence-electron chi connectivity index (χ4n) is 2.38. The van der Waals surface area contributed by atoms with E-state index in [1.165, 1.54) is 11.1 Å². The van der Waals surface area contributed by atoms with E-state index in [2.05, 4.69) is 55.5 Å². The first-order valence-electron chi connectivity index (χ1n) is 7.83. The second kappa shape index (κ2) is 7.46. The van der Waals surface area contributed by atoms with Gasteiger partial charge in [0.05, 0.1) is 0 Å². The van der Waals surface area contributed by atoms with Crippen LogP contribution in [0.4, 0.5) is 0 Å². The summed E-state index contributed by atoms with van der Waals surface area (Å²) in [5.41, 5.74) is 3.56. The summed E-state index contributed by atoms with van der Waals surface area (Å²) in [5, 5.41) is 0. The van der Waals surface area contributed by atoms with Crippen molar-refractivity contribution in [3.8, 4) is 5.75 Å². The molecule has 0 amide bonds. The van der Waals surface area contributed by atoms with Crippen molar-refractivity contribution < 1.29 is 4.74 Å². The van der Waals surface area contributed by atoms with Crippen LogP contribution in [0.3, 0.4) is 0 Å². The van der Waals surface area contributed by atoms with Crippen molar-refractivity contribution in [3.05, 3.63) is 108 Å². The van der Waals surface area contributed by atoms with Crippen molar-refractivity contribution >= 4 is 6.08 Å². The normalized spacial score (nSPS) is 12.2. The smallest absolute Gasteiger partial charge is 0.142 e. The van der Waals surface area contributed by atoms with E-state index in [1.807, 2.05) is 48.5 Å². The van der Waals surface area contributed by atoms with Gasteiger partial charge in [0.2, 0.25) is 0 Å². The van der Waals surface area contributed by atoms with Crippen LogP contribution in [0.25, 0.3) is 6.08 Å². The molecule has 3 rings (SSSR count). The van der Waals surface area contributed by atoms with Gasteiger partial charge in [-0.25, -0.2) is 0 Å². The van der Waals surface area contributed by atoms with E-state index in [9.17, 15) is 0 Å². The molecular formula is C22H20O. The summed E-state index contributed by atoms with van der Waals surface area (Å²) in [5.74, 6) is 0.871. The maximum absolute atomic E-state index is 6.18. The van der Waals surface area contributed by atoms with Crippen LogP contribution in [0.2, 0.25) is 0 Å². The Balaban J connectivity index is 1.86. The zero-order valence-corrected chi connectivity index (χ0v) is 13.2. The van der Waals surface area contributed by atoms with E-state index in [-0.39, 0.29) is 6.10 Å². The topological polar surface area (TPSA) is 9.23 Å². The SMILES string of the molecule is Cc1ccc(C(/C=C/c2ccccc2)Oc2ccccc2)cc1. The molecule has 0 aliphatic heterocycles. The first-order chi connectivity index (χ1) is 11.3. The number of rotatable bonds is 5. The number of aryl methyl sites for hydroxylation is 1. The lowest BCUT2D eigenvalue weighted by Gasteiger charge is -2.16. The van der Waals surface area contributed by atoms with E-state index < -0.39 is 0 Å². The van der Waals surface area contributed by atoms with Crippen LogP contribution < -0.4 is 4.74 Å². The van der Waals surface area contributed by atoms with Crippen LogP contribution in [0.15, 0.2) is 91.0 Å². The molecule has 1 atom stereocenters. The molecule has 0 aromatic heterocycles. The Morgan fingerprint density at radius 2 is 1.35 bits per heavy atom. The molecule has 3 aromatic rings. The Bertz CT molecular complexity index is 743. The van der Waals surface area contributed by atoms with Crippen molar-refractivity contribution in [2.75, 3.05) is 0 Å². The van der Waals surface area contributed by atoms with Crippen molar-refractivity contribution in [1.82, 2.24) is 0 Å². The summed E-state index contributed by atoms with van der Waals surface area (Å²) in [6.07, 6.45) is 4.10. The molecule has 114 valence electrons. The Labute approximate surface area is 137 Å². The van der Waals surface area contributed by atoms with Gasteiger partial charge in [0.25, 0.3) is 0 Å². The van der Waals surface area contributed by atoms with Crippen LogP contribution in [0.5, 0.6) is 5.75 Å². The van der Waals surface area contributed by atoms with Gasteiger partial charge >= 0.3 is 0 Å². The minimum Gasteiger partial charge on any atom is -0.482 e. The number of para-hydroxylation sites is 1. The molecule has 1 heteroatoms. The Hall–Kier alpha value is -2.80. The molecule has 23 heavy (non-hydrogen) atoms. The molecule has 0 saturated heterocycles. The van der Waals surface area contributed by atoms with Crippen LogP contribution in [0.1, 0.15) is 22.8 Å². The maximum atomic E-state index is 6.18. The summed E-state index contributed by atoms with van der Waals surface area (Å²) in [6.45, 7) is 2.09. The minimum atomic E-state index is -0.113. The molecule has 0 aliphatic carbocycles. The molecule has 1 unspecified atom stereocenters. The standard InChI is InChI=1S/C22H20O/c1-18-12-15-20(16-13-18)22(23-21-10-6-3-7-11-21)17-14-19-8-4-2-5-9-19/h2-17,22H,1H3/b17-14+. The Kier molecular flexibility index (Phi) is 4.90. The predicted octanol–water partition coefficient (Wildman–Crippen LogP) is 5.83. The second-order valence-corrected chi connectivity index (χ2v) is 5.53. The third-order valence-corrected chi connectivity index (χ3v) is 3.68. The summed E-state index contributed by atoms with van der Waals surface area (Å²) in [4.78, 5) is 0.